The normalized spacial score (nSPS) is 12.9. The molecule has 0 unspecified atom stereocenters. The molecule has 4 nitrogen and oxygen atoms in total. The second-order valence-corrected chi connectivity index (χ2v) is 4.30. The zero-order valence-corrected chi connectivity index (χ0v) is 10.5. The molecule has 0 spiro atoms. The Morgan fingerprint density at radius 2 is 2.18 bits per heavy atom. The van der Waals surface area contributed by atoms with Gasteiger partial charge < -0.3 is 4.98 Å². The Bertz CT molecular complexity index is 739. The van der Waals surface area contributed by atoms with Crippen LogP contribution in [0.4, 0.5) is 0 Å². The molecular formula is C12H13N3OS. The molecule has 88 valence electrons. The maximum Gasteiger partial charge on any atom is 0.275 e. The average Bonchev–Trinajstić information content (AvgIpc) is 2.63. The lowest BCUT2D eigenvalue weighted by molar-refractivity contribution is 0.974. The van der Waals surface area contributed by atoms with E-state index in [0.29, 0.717) is 21.5 Å². The molecule has 0 atom stereocenters. The Kier molecular flexibility index (Phi) is 3.19. The summed E-state index contributed by atoms with van der Waals surface area (Å²) in [4.78, 5) is 21.9. The number of allylic oxidation sites excluding steroid dienone is 2. The van der Waals surface area contributed by atoms with Crippen molar-refractivity contribution in [3.8, 4) is 0 Å². The van der Waals surface area contributed by atoms with Crippen LogP contribution in [-0.4, -0.2) is 21.2 Å². The first-order valence-electron chi connectivity index (χ1n) is 5.15. The summed E-state index contributed by atoms with van der Waals surface area (Å²) in [6, 6.07) is 0. The number of H-pyrrole nitrogens is 2. The molecule has 2 heterocycles. The van der Waals surface area contributed by atoms with Crippen molar-refractivity contribution >= 4 is 35.5 Å². The lowest BCUT2D eigenvalue weighted by atomic mass is 10.3. The van der Waals surface area contributed by atoms with Gasteiger partial charge in [-0.15, -0.1) is 0 Å². The summed E-state index contributed by atoms with van der Waals surface area (Å²) in [6.45, 7) is 5.82. The third-order valence-corrected chi connectivity index (χ3v) is 2.98. The van der Waals surface area contributed by atoms with Crippen LogP contribution in [0.1, 0.15) is 6.92 Å². The van der Waals surface area contributed by atoms with E-state index in [9.17, 15) is 4.79 Å². The second-order valence-electron chi connectivity index (χ2n) is 3.51. The lowest BCUT2D eigenvalue weighted by Crippen LogP contribution is -2.20. The molecule has 0 saturated carbocycles. The molecule has 5 heteroatoms. The van der Waals surface area contributed by atoms with Crippen molar-refractivity contribution in [2.75, 3.05) is 6.26 Å². The number of rotatable bonds is 2. The minimum Gasteiger partial charge on any atom is -0.349 e. The van der Waals surface area contributed by atoms with Gasteiger partial charge in [0.2, 0.25) is 0 Å². The van der Waals surface area contributed by atoms with E-state index in [-0.39, 0.29) is 5.56 Å². The largest absolute Gasteiger partial charge is 0.349 e. The van der Waals surface area contributed by atoms with Crippen LogP contribution in [0, 0.1) is 0 Å². The van der Waals surface area contributed by atoms with E-state index in [4.69, 9.17) is 0 Å². The van der Waals surface area contributed by atoms with Gasteiger partial charge in [-0.25, -0.2) is 4.98 Å². The van der Waals surface area contributed by atoms with E-state index in [0.717, 1.165) is 5.22 Å². The number of nitrogens with one attached hydrogen (secondary N) is 2. The van der Waals surface area contributed by atoms with E-state index in [1.54, 1.807) is 0 Å². The molecule has 0 radical (unpaired) electrons. The van der Waals surface area contributed by atoms with E-state index in [1.807, 2.05) is 31.4 Å². The van der Waals surface area contributed by atoms with Crippen LogP contribution in [-0.2, 0) is 0 Å². The van der Waals surface area contributed by atoms with Gasteiger partial charge in [0.05, 0.1) is 0 Å². The highest BCUT2D eigenvalue weighted by atomic mass is 32.2. The highest BCUT2D eigenvalue weighted by Crippen LogP contribution is 2.06. The summed E-state index contributed by atoms with van der Waals surface area (Å²) in [6.07, 6.45) is 7.59. The van der Waals surface area contributed by atoms with Crippen LogP contribution in [0.15, 0.2) is 22.1 Å². The van der Waals surface area contributed by atoms with E-state index >= 15 is 0 Å². The molecule has 0 amide bonds. The van der Waals surface area contributed by atoms with Gasteiger partial charge in [0.1, 0.15) is 11.0 Å². The van der Waals surface area contributed by atoms with Crippen LogP contribution in [0.5, 0.6) is 0 Å². The number of aromatic nitrogens is 3. The minimum absolute atomic E-state index is 0.163. The van der Waals surface area contributed by atoms with Crippen molar-refractivity contribution in [2.45, 2.75) is 12.1 Å². The number of thioether (sulfide) groups is 1. The maximum atomic E-state index is 11.8. The van der Waals surface area contributed by atoms with Crippen molar-refractivity contribution in [2.24, 2.45) is 0 Å². The number of hydrogen-bond donors (Lipinski definition) is 2. The van der Waals surface area contributed by atoms with Crippen molar-refractivity contribution in [3.05, 3.63) is 33.1 Å². The van der Waals surface area contributed by atoms with Gasteiger partial charge in [0.25, 0.3) is 5.56 Å². The maximum absolute atomic E-state index is 11.8. The van der Waals surface area contributed by atoms with Crippen molar-refractivity contribution in [1.29, 1.82) is 0 Å². The summed E-state index contributed by atoms with van der Waals surface area (Å²) in [5, 5.41) is 2.17. The monoisotopic (exact) mass is 247 g/mol. The highest BCUT2D eigenvalue weighted by molar-refractivity contribution is 7.98. The highest BCUT2D eigenvalue weighted by Gasteiger charge is 2.06. The third kappa shape index (κ3) is 2.06. The van der Waals surface area contributed by atoms with Crippen LogP contribution < -0.4 is 16.1 Å². The summed E-state index contributed by atoms with van der Waals surface area (Å²) in [5.74, 6) is 0. The topological polar surface area (TPSA) is 61.5 Å². The fourth-order valence-electron chi connectivity index (χ4n) is 1.59. The third-order valence-electron chi connectivity index (χ3n) is 2.40. The Hall–Kier alpha value is -1.75. The summed E-state index contributed by atoms with van der Waals surface area (Å²) < 4.78 is 0. The van der Waals surface area contributed by atoms with Crippen LogP contribution in [0.2, 0.25) is 0 Å². The SMILES string of the molecule is C=c1[nH]c2c(=O)[nH]c(SC)nc2/c1=C/C=C\C. The van der Waals surface area contributed by atoms with E-state index in [2.05, 4.69) is 21.5 Å². The van der Waals surface area contributed by atoms with E-state index < -0.39 is 0 Å². The van der Waals surface area contributed by atoms with Crippen molar-refractivity contribution in [3.63, 3.8) is 0 Å². The van der Waals surface area contributed by atoms with Crippen molar-refractivity contribution in [1.82, 2.24) is 15.0 Å². The van der Waals surface area contributed by atoms with Crippen LogP contribution >= 0.6 is 11.8 Å². The van der Waals surface area contributed by atoms with Crippen LogP contribution in [0.25, 0.3) is 23.7 Å². The standard InChI is InChI=1S/C12H13N3OS/c1-4-5-6-8-7(2)13-10-9(8)14-12(17-3)15-11(10)16/h4-6,13H,2H2,1,3H3,(H,14,15,16)/b5-4-,8-6+. The first kappa shape index (κ1) is 11.7. The first-order valence-corrected chi connectivity index (χ1v) is 6.37. The quantitative estimate of drug-likeness (QED) is 0.608. The molecular weight excluding hydrogens is 234 g/mol. The lowest BCUT2D eigenvalue weighted by Gasteiger charge is -1.94. The summed E-state index contributed by atoms with van der Waals surface area (Å²) in [5.41, 5.74) is 0.981. The molecule has 0 saturated heterocycles. The van der Waals surface area contributed by atoms with Gasteiger partial charge in [-0.1, -0.05) is 36.6 Å². The minimum atomic E-state index is -0.163. The van der Waals surface area contributed by atoms with Crippen LogP contribution in [0.3, 0.4) is 0 Å². The molecule has 0 aliphatic heterocycles. The number of nitrogens with zero attached hydrogens (tertiary/aromatic N) is 1. The fourth-order valence-corrected chi connectivity index (χ4v) is 1.97. The van der Waals surface area contributed by atoms with Gasteiger partial charge in [-0.3, -0.25) is 9.78 Å². The second kappa shape index (κ2) is 4.63. The molecule has 2 rings (SSSR count). The number of aromatic amines is 2. The number of fused-ring (bicyclic) bond motifs is 1. The molecule has 0 bridgehead atoms. The zero-order valence-electron chi connectivity index (χ0n) is 9.70. The first-order chi connectivity index (χ1) is 8.17. The smallest absolute Gasteiger partial charge is 0.275 e. The molecule has 0 aliphatic rings. The van der Waals surface area contributed by atoms with Gasteiger partial charge >= 0.3 is 0 Å². The van der Waals surface area contributed by atoms with Gasteiger partial charge in [0, 0.05) is 10.6 Å². The molecule has 2 aromatic rings. The van der Waals surface area contributed by atoms with Gasteiger partial charge in [0.15, 0.2) is 5.16 Å². The predicted molar refractivity (Wildman–Crippen MR) is 72.5 cm³/mol. The summed E-state index contributed by atoms with van der Waals surface area (Å²) >= 11 is 1.41. The molecule has 2 aromatic heterocycles. The average molecular weight is 247 g/mol. The Morgan fingerprint density at radius 1 is 1.41 bits per heavy atom. The fraction of sp³-hybridized carbons (Fsp3) is 0.167. The molecule has 2 N–H and O–H groups in total. The Labute approximate surface area is 102 Å². The van der Waals surface area contributed by atoms with Gasteiger partial charge in [-0.05, 0) is 13.2 Å². The molecule has 17 heavy (non-hydrogen) atoms. The van der Waals surface area contributed by atoms with E-state index in [1.165, 1.54) is 11.8 Å². The Balaban J connectivity index is 2.94. The molecule has 0 fully saturated rings. The van der Waals surface area contributed by atoms with Crippen molar-refractivity contribution < 1.29 is 0 Å². The number of hydrogen-bond acceptors (Lipinski definition) is 3. The van der Waals surface area contributed by atoms with Gasteiger partial charge in [-0.2, -0.15) is 0 Å². The summed E-state index contributed by atoms with van der Waals surface area (Å²) in [7, 11) is 0. The Morgan fingerprint density at radius 3 is 2.82 bits per heavy atom. The molecule has 0 aliphatic carbocycles. The zero-order chi connectivity index (χ0) is 12.4. The molecule has 0 aromatic carbocycles. The predicted octanol–water partition coefficient (Wildman–Crippen LogP) is 0.740.